The summed E-state index contributed by atoms with van der Waals surface area (Å²) in [5.41, 5.74) is 4.51. The molecule has 3 unspecified atom stereocenters. The van der Waals surface area contributed by atoms with Crippen LogP contribution in [-0.4, -0.2) is 15.8 Å². The Morgan fingerprint density at radius 1 is 1.05 bits per heavy atom. The normalized spacial score (nSPS) is 29.9. The van der Waals surface area contributed by atoms with E-state index in [2.05, 4.69) is 66.5 Å². The molecule has 2 nitrogen and oxygen atoms in total. The van der Waals surface area contributed by atoms with E-state index in [9.17, 15) is 0 Å². The van der Waals surface area contributed by atoms with Gasteiger partial charge in [0.15, 0.2) is 0 Å². The van der Waals surface area contributed by atoms with Gasteiger partial charge in [-0.2, -0.15) is 0 Å². The third-order valence-electron chi connectivity index (χ3n) is 4.94. The third kappa shape index (κ3) is 1.32. The van der Waals surface area contributed by atoms with Crippen LogP contribution in [0, 0.1) is 0 Å². The Kier molecular flexibility index (Phi) is 2.29. The summed E-state index contributed by atoms with van der Waals surface area (Å²) in [6, 6.07) is 7.46. The van der Waals surface area contributed by atoms with Gasteiger partial charge in [-0.1, -0.05) is 32.0 Å². The fourth-order valence-electron chi connectivity index (χ4n) is 4.13. The molecule has 19 heavy (non-hydrogen) atoms. The highest BCUT2D eigenvalue weighted by molar-refractivity contribution is 5.61. The minimum atomic E-state index is 0.406. The average molecular weight is 252 g/mol. The van der Waals surface area contributed by atoms with Crippen LogP contribution in [0.3, 0.4) is 0 Å². The summed E-state index contributed by atoms with van der Waals surface area (Å²) < 4.78 is 0. The van der Waals surface area contributed by atoms with Crippen LogP contribution in [0.2, 0.25) is 0 Å². The van der Waals surface area contributed by atoms with E-state index in [1.165, 1.54) is 24.0 Å². The second kappa shape index (κ2) is 3.89. The van der Waals surface area contributed by atoms with Crippen LogP contribution >= 0.6 is 0 Å². The van der Waals surface area contributed by atoms with Crippen LogP contribution in [0.1, 0.15) is 55.5 Å². The van der Waals surface area contributed by atoms with Crippen molar-refractivity contribution in [3.8, 4) is 0 Å². The Bertz CT molecular complexity index is 573. The largest absolute Gasteiger partial charge is 0.348 e. The molecular formula is C17H20N2. The molecule has 0 saturated heterocycles. The topological polar surface area (TPSA) is 6.48 Å². The fraction of sp³-hybridized carbons (Fsp3) is 0.412. The molecule has 0 N–H and O–H groups in total. The molecule has 1 aromatic rings. The molecule has 1 aromatic carbocycles. The van der Waals surface area contributed by atoms with E-state index in [1.54, 1.807) is 5.56 Å². The zero-order valence-corrected chi connectivity index (χ0v) is 11.6. The molecule has 0 saturated carbocycles. The zero-order chi connectivity index (χ0) is 13.0. The van der Waals surface area contributed by atoms with E-state index in [0.717, 1.165) is 0 Å². The Labute approximate surface area is 115 Å². The molecule has 3 aliphatic heterocycles. The molecule has 0 bridgehead atoms. The molecule has 0 spiro atoms. The first-order chi connectivity index (χ1) is 9.35. The summed E-state index contributed by atoms with van der Waals surface area (Å²) in [5, 5.41) is 0. The van der Waals surface area contributed by atoms with Crippen molar-refractivity contribution in [2.24, 2.45) is 0 Å². The molecule has 3 aliphatic rings. The predicted molar refractivity (Wildman–Crippen MR) is 78.1 cm³/mol. The van der Waals surface area contributed by atoms with Crippen LogP contribution in [-0.2, 0) is 0 Å². The minimum absolute atomic E-state index is 0.406. The van der Waals surface area contributed by atoms with Crippen molar-refractivity contribution in [2.75, 3.05) is 0 Å². The van der Waals surface area contributed by atoms with Crippen molar-refractivity contribution in [1.82, 2.24) is 9.80 Å². The van der Waals surface area contributed by atoms with Crippen LogP contribution < -0.4 is 0 Å². The lowest BCUT2D eigenvalue weighted by molar-refractivity contribution is 0.102. The van der Waals surface area contributed by atoms with Gasteiger partial charge in [-0.05, 0) is 30.0 Å². The maximum Gasteiger partial charge on any atom is 0.132 e. The molecule has 3 heterocycles. The molecule has 3 atom stereocenters. The molecule has 0 aromatic heterocycles. The van der Waals surface area contributed by atoms with Crippen molar-refractivity contribution in [3.05, 3.63) is 53.5 Å². The highest BCUT2D eigenvalue weighted by Gasteiger charge is 2.43. The minimum Gasteiger partial charge on any atom is -0.348 e. The molecule has 4 rings (SSSR count). The Hall–Kier alpha value is -1.70. The lowest BCUT2D eigenvalue weighted by Crippen LogP contribution is -2.45. The van der Waals surface area contributed by atoms with E-state index in [4.69, 9.17) is 0 Å². The predicted octanol–water partition coefficient (Wildman–Crippen LogP) is 4.04. The summed E-state index contributed by atoms with van der Waals surface area (Å²) in [7, 11) is 0. The molecule has 0 fully saturated rings. The van der Waals surface area contributed by atoms with Crippen molar-refractivity contribution in [3.63, 3.8) is 0 Å². The van der Waals surface area contributed by atoms with Gasteiger partial charge in [0.1, 0.15) is 6.17 Å². The second-order valence-electron chi connectivity index (χ2n) is 5.72. The first-order valence-corrected chi connectivity index (χ1v) is 7.39. The summed E-state index contributed by atoms with van der Waals surface area (Å²) in [6.45, 7) is 4.64. The lowest BCUT2D eigenvalue weighted by Gasteiger charge is -2.48. The summed E-state index contributed by atoms with van der Waals surface area (Å²) in [6.07, 6.45) is 11.8. The van der Waals surface area contributed by atoms with Crippen molar-refractivity contribution in [2.45, 2.75) is 44.8 Å². The van der Waals surface area contributed by atoms with E-state index in [-0.39, 0.29) is 0 Å². The third-order valence-corrected chi connectivity index (χ3v) is 4.94. The monoisotopic (exact) mass is 252 g/mol. The smallest absolute Gasteiger partial charge is 0.132 e. The second-order valence-corrected chi connectivity index (χ2v) is 5.72. The maximum absolute atomic E-state index is 2.57. The highest BCUT2D eigenvalue weighted by atomic mass is 15.4. The van der Waals surface area contributed by atoms with Gasteiger partial charge >= 0.3 is 0 Å². The molecule has 0 radical (unpaired) electrons. The van der Waals surface area contributed by atoms with Gasteiger partial charge in [0.2, 0.25) is 0 Å². The van der Waals surface area contributed by atoms with Gasteiger partial charge in [-0.25, -0.2) is 0 Å². The SMILES string of the molecule is CCC1c2cccc3c2C2N(C=C3)C=CN2C1CC. The number of benzene rings is 1. The van der Waals surface area contributed by atoms with E-state index in [0.29, 0.717) is 18.1 Å². The number of nitrogens with zero attached hydrogens (tertiary/aromatic N) is 2. The number of hydrogen-bond acceptors (Lipinski definition) is 2. The van der Waals surface area contributed by atoms with Gasteiger partial charge in [0, 0.05) is 36.1 Å². The molecule has 2 heteroatoms. The number of rotatable bonds is 2. The Balaban J connectivity index is 1.97. The van der Waals surface area contributed by atoms with Gasteiger partial charge in [0.05, 0.1) is 0 Å². The van der Waals surface area contributed by atoms with Gasteiger partial charge in [0.25, 0.3) is 0 Å². The van der Waals surface area contributed by atoms with Gasteiger partial charge in [-0.15, -0.1) is 0 Å². The maximum atomic E-state index is 2.57. The molecule has 0 aliphatic carbocycles. The highest BCUT2D eigenvalue weighted by Crippen LogP contribution is 2.49. The average Bonchev–Trinajstić information content (AvgIpc) is 2.89. The summed E-state index contributed by atoms with van der Waals surface area (Å²) in [5.74, 6) is 0.660. The van der Waals surface area contributed by atoms with Crippen LogP contribution in [0.5, 0.6) is 0 Å². The first-order valence-electron chi connectivity index (χ1n) is 7.39. The lowest BCUT2D eigenvalue weighted by atomic mass is 9.77. The van der Waals surface area contributed by atoms with Crippen LogP contribution in [0.15, 0.2) is 36.8 Å². The Morgan fingerprint density at radius 3 is 2.74 bits per heavy atom. The quantitative estimate of drug-likeness (QED) is 0.783. The Morgan fingerprint density at radius 2 is 1.95 bits per heavy atom. The standard InChI is InChI=1S/C17H20N2/c1-3-13-14-7-5-6-12-8-9-18-10-11-19(15(13)4-2)17(18)16(12)14/h5-11,13,15,17H,3-4H2,1-2H3. The molecule has 0 amide bonds. The van der Waals surface area contributed by atoms with Gasteiger partial charge < -0.3 is 9.80 Å². The molecular weight excluding hydrogens is 232 g/mol. The summed E-state index contributed by atoms with van der Waals surface area (Å²) >= 11 is 0. The van der Waals surface area contributed by atoms with Crippen LogP contribution in [0.25, 0.3) is 6.08 Å². The van der Waals surface area contributed by atoms with Crippen molar-refractivity contribution in [1.29, 1.82) is 0 Å². The van der Waals surface area contributed by atoms with Gasteiger partial charge in [-0.3, -0.25) is 0 Å². The van der Waals surface area contributed by atoms with Crippen molar-refractivity contribution >= 4 is 6.08 Å². The first kappa shape index (κ1) is 11.2. The number of hydrogen-bond donors (Lipinski definition) is 0. The zero-order valence-electron chi connectivity index (χ0n) is 11.6. The molecule has 98 valence electrons. The van der Waals surface area contributed by atoms with E-state index >= 15 is 0 Å². The van der Waals surface area contributed by atoms with E-state index < -0.39 is 0 Å². The van der Waals surface area contributed by atoms with Crippen LogP contribution in [0.4, 0.5) is 0 Å². The van der Waals surface area contributed by atoms with Crippen molar-refractivity contribution < 1.29 is 0 Å². The fourth-order valence-corrected chi connectivity index (χ4v) is 4.13. The summed E-state index contributed by atoms with van der Waals surface area (Å²) in [4.78, 5) is 4.92. The van der Waals surface area contributed by atoms with E-state index in [1.807, 2.05) is 0 Å².